The zero-order valence-electron chi connectivity index (χ0n) is 15.4. The Morgan fingerprint density at radius 2 is 1.93 bits per heavy atom. The Balaban J connectivity index is 1.47. The van der Waals surface area contributed by atoms with Crippen LogP contribution >= 0.6 is 15.9 Å². The normalized spacial score (nSPS) is 21.6. The molecular formula is C21H20BrN3O3. The average Bonchev–Trinajstić information content (AvgIpc) is 3.16. The highest BCUT2D eigenvalue weighted by molar-refractivity contribution is 9.10. The molecule has 0 radical (unpaired) electrons. The van der Waals surface area contributed by atoms with E-state index in [4.69, 9.17) is 0 Å². The van der Waals surface area contributed by atoms with Crippen LogP contribution in [0, 0.1) is 0 Å². The van der Waals surface area contributed by atoms with Crippen molar-refractivity contribution in [3.05, 3.63) is 69.7 Å². The molecule has 7 heteroatoms. The van der Waals surface area contributed by atoms with Gasteiger partial charge >= 0.3 is 6.03 Å². The van der Waals surface area contributed by atoms with Crippen LogP contribution in [0.2, 0.25) is 0 Å². The number of urea groups is 1. The summed E-state index contributed by atoms with van der Waals surface area (Å²) >= 11 is 3.38. The summed E-state index contributed by atoms with van der Waals surface area (Å²) in [4.78, 5) is 39.1. The maximum absolute atomic E-state index is 13.1. The quantitative estimate of drug-likeness (QED) is 0.715. The first-order valence-electron chi connectivity index (χ1n) is 9.18. The number of nitrogens with zero attached hydrogens (tertiary/aromatic N) is 1. The number of fused-ring (bicyclic) bond motifs is 2. The molecule has 28 heavy (non-hydrogen) atoms. The van der Waals surface area contributed by atoms with E-state index >= 15 is 0 Å². The summed E-state index contributed by atoms with van der Waals surface area (Å²) in [7, 11) is 0. The van der Waals surface area contributed by atoms with E-state index in [0.717, 1.165) is 32.5 Å². The van der Waals surface area contributed by atoms with Crippen molar-refractivity contribution in [2.24, 2.45) is 0 Å². The van der Waals surface area contributed by atoms with Gasteiger partial charge in [0.25, 0.3) is 5.91 Å². The van der Waals surface area contributed by atoms with Gasteiger partial charge in [-0.2, -0.15) is 0 Å². The van der Waals surface area contributed by atoms with E-state index in [1.54, 1.807) is 0 Å². The Kier molecular flexibility index (Phi) is 4.71. The van der Waals surface area contributed by atoms with Crippen LogP contribution in [0.3, 0.4) is 0 Å². The lowest BCUT2D eigenvalue weighted by molar-refractivity contribution is -0.135. The fourth-order valence-electron chi connectivity index (χ4n) is 4.00. The molecule has 1 spiro atoms. The highest BCUT2D eigenvalue weighted by Gasteiger charge is 2.55. The van der Waals surface area contributed by atoms with E-state index in [-0.39, 0.29) is 24.4 Å². The van der Waals surface area contributed by atoms with Crippen LogP contribution in [0.4, 0.5) is 4.79 Å². The Bertz CT molecular complexity index is 960. The number of rotatable bonds is 4. The Morgan fingerprint density at radius 1 is 1.21 bits per heavy atom. The van der Waals surface area contributed by atoms with E-state index < -0.39 is 11.6 Å². The van der Waals surface area contributed by atoms with Crippen LogP contribution < -0.4 is 10.6 Å². The molecule has 4 amide bonds. The summed E-state index contributed by atoms with van der Waals surface area (Å²) in [6.45, 7) is 1.57. The molecule has 2 aromatic rings. The van der Waals surface area contributed by atoms with Crippen molar-refractivity contribution in [1.82, 2.24) is 15.5 Å². The topological polar surface area (TPSA) is 78.5 Å². The third-order valence-electron chi connectivity index (χ3n) is 5.47. The van der Waals surface area contributed by atoms with Crippen LogP contribution in [0.25, 0.3) is 0 Å². The first-order valence-corrected chi connectivity index (χ1v) is 9.97. The molecule has 2 N–H and O–H groups in total. The minimum atomic E-state index is -1.04. The molecule has 0 saturated carbocycles. The third-order valence-corrected chi connectivity index (χ3v) is 6.00. The van der Waals surface area contributed by atoms with Crippen LogP contribution in [-0.2, 0) is 21.5 Å². The number of carbonyl (C=O) groups is 3. The van der Waals surface area contributed by atoms with Crippen LogP contribution in [0.15, 0.2) is 53.0 Å². The minimum absolute atomic E-state index is 0.234. The first kappa shape index (κ1) is 18.7. The highest BCUT2D eigenvalue weighted by atomic mass is 79.9. The van der Waals surface area contributed by atoms with Gasteiger partial charge in [0, 0.05) is 4.47 Å². The van der Waals surface area contributed by atoms with Gasteiger partial charge in [-0.3, -0.25) is 14.5 Å². The lowest BCUT2D eigenvalue weighted by Crippen LogP contribution is -2.44. The van der Waals surface area contributed by atoms with Crippen molar-refractivity contribution >= 4 is 33.8 Å². The summed E-state index contributed by atoms with van der Waals surface area (Å²) in [5.41, 5.74) is 1.80. The molecule has 1 saturated heterocycles. The van der Waals surface area contributed by atoms with E-state index in [9.17, 15) is 14.4 Å². The predicted octanol–water partition coefficient (Wildman–Crippen LogP) is 3.02. The fraction of sp³-hybridized carbons (Fsp3) is 0.286. The zero-order valence-corrected chi connectivity index (χ0v) is 17.0. The van der Waals surface area contributed by atoms with Crippen LogP contribution in [-0.4, -0.2) is 29.3 Å². The van der Waals surface area contributed by atoms with Gasteiger partial charge in [0.2, 0.25) is 5.91 Å². The molecule has 0 bridgehead atoms. The van der Waals surface area contributed by atoms with Gasteiger partial charge in [0.1, 0.15) is 12.1 Å². The van der Waals surface area contributed by atoms with Crippen LogP contribution in [0.5, 0.6) is 0 Å². The van der Waals surface area contributed by atoms with Gasteiger partial charge in [-0.1, -0.05) is 52.3 Å². The fourth-order valence-corrected chi connectivity index (χ4v) is 4.26. The van der Waals surface area contributed by atoms with Gasteiger partial charge in [0.05, 0.1) is 6.04 Å². The average molecular weight is 442 g/mol. The maximum Gasteiger partial charge on any atom is 0.325 e. The predicted molar refractivity (Wildman–Crippen MR) is 107 cm³/mol. The number of amides is 4. The SMILES string of the molecule is C[C@@H](NC(=O)CN1C(=O)N[C@]2(CCc3ccccc32)C1=O)c1ccc(Br)cc1. The minimum Gasteiger partial charge on any atom is -0.348 e. The summed E-state index contributed by atoms with van der Waals surface area (Å²) in [5.74, 6) is -0.726. The molecule has 1 heterocycles. The lowest BCUT2D eigenvalue weighted by Gasteiger charge is -2.22. The number of benzene rings is 2. The van der Waals surface area contributed by atoms with E-state index in [0.29, 0.717) is 6.42 Å². The molecule has 2 aliphatic rings. The second-order valence-corrected chi connectivity index (χ2v) is 8.14. The zero-order chi connectivity index (χ0) is 19.9. The molecule has 1 aliphatic carbocycles. The molecular weight excluding hydrogens is 422 g/mol. The van der Waals surface area contributed by atoms with E-state index in [1.165, 1.54) is 0 Å². The number of halogens is 1. The van der Waals surface area contributed by atoms with Crippen molar-refractivity contribution in [3.63, 3.8) is 0 Å². The third kappa shape index (κ3) is 3.09. The van der Waals surface area contributed by atoms with Crippen molar-refractivity contribution in [2.75, 3.05) is 6.54 Å². The number of hydrogen-bond acceptors (Lipinski definition) is 3. The lowest BCUT2D eigenvalue weighted by atomic mass is 9.92. The van der Waals surface area contributed by atoms with Crippen LogP contribution in [0.1, 0.15) is 36.1 Å². The van der Waals surface area contributed by atoms with Crippen molar-refractivity contribution < 1.29 is 14.4 Å². The van der Waals surface area contributed by atoms with E-state index in [2.05, 4.69) is 26.6 Å². The van der Waals surface area contributed by atoms with Gasteiger partial charge < -0.3 is 10.6 Å². The van der Waals surface area contributed by atoms with Gasteiger partial charge in [-0.25, -0.2) is 4.79 Å². The second kappa shape index (κ2) is 7.05. The van der Waals surface area contributed by atoms with Crippen molar-refractivity contribution in [3.8, 4) is 0 Å². The Morgan fingerprint density at radius 3 is 2.68 bits per heavy atom. The number of carbonyl (C=O) groups excluding carboxylic acids is 3. The number of aryl methyl sites for hydroxylation is 1. The van der Waals surface area contributed by atoms with Gasteiger partial charge in [-0.05, 0) is 48.6 Å². The molecule has 0 aromatic heterocycles. The van der Waals surface area contributed by atoms with Crippen molar-refractivity contribution in [1.29, 1.82) is 0 Å². The number of hydrogen-bond donors (Lipinski definition) is 2. The summed E-state index contributed by atoms with van der Waals surface area (Å²) < 4.78 is 0.955. The Labute approximate surface area is 171 Å². The number of nitrogens with one attached hydrogen (secondary N) is 2. The molecule has 1 fully saturated rings. The molecule has 4 rings (SSSR count). The molecule has 144 valence electrons. The smallest absolute Gasteiger partial charge is 0.325 e. The summed E-state index contributed by atoms with van der Waals surface area (Å²) in [6, 6.07) is 14.5. The summed E-state index contributed by atoms with van der Waals surface area (Å²) in [5, 5.41) is 5.69. The molecule has 0 unspecified atom stereocenters. The van der Waals surface area contributed by atoms with E-state index in [1.807, 2.05) is 55.5 Å². The standard InChI is InChI=1S/C21H20BrN3O3/c1-13(14-6-8-16(22)9-7-14)23-18(26)12-25-19(27)21(24-20(25)28)11-10-15-4-2-3-5-17(15)21/h2-9,13H,10-12H2,1H3,(H,23,26)(H,24,28)/t13-,21+/m1/s1. The Hall–Kier alpha value is -2.67. The molecule has 6 nitrogen and oxygen atoms in total. The highest BCUT2D eigenvalue weighted by Crippen LogP contribution is 2.41. The summed E-state index contributed by atoms with van der Waals surface area (Å²) in [6.07, 6.45) is 1.24. The molecule has 1 aliphatic heterocycles. The first-order chi connectivity index (χ1) is 13.4. The van der Waals surface area contributed by atoms with Gasteiger partial charge in [0.15, 0.2) is 0 Å². The van der Waals surface area contributed by atoms with Gasteiger partial charge in [-0.15, -0.1) is 0 Å². The maximum atomic E-state index is 13.1. The van der Waals surface area contributed by atoms with Crippen molar-refractivity contribution in [2.45, 2.75) is 31.3 Å². The monoisotopic (exact) mass is 441 g/mol. The second-order valence-electron chi connectivity index (χ2n) is 7.22. The molecule has 2 atom stereocenters. The largest absolute Gasteiger partial charge is 0.348 e. The molecule has 2 aromatic carbocycles. The number of imide groups is 1.